The van der Waals surface area contributed by atoms with E-state index in [1.54, 1.807) is 0 Å². The largest absolute Gasteiger partial charge is 0.385 e. The van der Waals surface area contributed by atoms with Gasteiger partial charge in [0.2, 0.25) is 0 Å². The Kier molecular flexibility index (Phi) is 2.40. The summed E-state index contributed by atoms with van der Waals surface area (Å²) in [5.41, 5.74) is 9.49. The standard InChI is InChI=1S/C14H20N2/c15-13-6-3-7-14(13)8-9-16-12-5-2-1-4-11(12)10-14/h1-2,4-5,13,16H,3,6-10,15H2. The van der Waals surface area contributed by atoms with E-state index in [1.807, 2.05) is 0 Å². The highest BCUT2D eigenvalue weighted by atomic mass is 14.9. The summed E-state index contributed by atoms with van der Waals surface area (Å²) in [6.07, 6.45) is 6.22. The molecule has 1 aromatic carbocycles. The summed E-state index contributed by atoms with van der Waals surface area (Å²) >= 11 is 0. The first-order valence-corrected chi connectivity index (χ1v) is 6.38. The molecule has 2 heteroatoms. The van der Waals surface area contributed by atoms with E-state index in [9.17, 15) is 0 Å². The fraction of sp³-hybridized carbons (Fsp3) is 0.571. The molecule has 2 aliphatic rings. The van der Waals surface area contributed by atoms with Crippen molar-refractivity contribution in [2.75, 3.05) is 11.9 Å². The molecule has 1 heterocycles. The highest BCUT2D eigenvalue weighted by molar-refractivity contribution is 5.52. The molecule has 1 aromatic rings. The van der Waals surface area contributed by atoms with Gasteiger partial charge in [-0.3, -0.25) is 0 Å². The minimum Gasteiger partial charge on any atom is -0.385 e. The number of benzene rings is 1. The van der Waals surface area contributed by atoms with Crippen molar-refractivity contribution in [2.45, 2.75) is 38.1 Å². The molecule has 0 bridgehead atoms. The Morgan fingerprint density at radius 3 is 2.94 bits per heavy atom. The van der Waals surface area contributed by atoms with Crippen molar-refractivity contribution in [3.8, 4) is 0 Å². The summed E-state index contributed by atoms with van der Waals surface area (Å²) in [5.74, 6) is 0. The summed E-state index contributed by atoms with van der Waals surface area (Å²) < 4.78 is 0. The van der Waals surface area contributed by atoms with Crippen LogP contribution >= 0.6 is 0 Å². The molecule has 1 spiro atoms. The van der Waals surface area contributed by atoms with Crippen LogP contribution in [-0.2, 0) is 6.42 Å². The van der Waals surface area contributed by atoms with Crippen molar-refractivity contribution in [3.63, 3.8) is 0 Å². The zero-order chi connectivity index (χ0) is 11.0. The SMILES string of the molecule is NC1CCCC12CCNc1ccccc1C2. The van der Waals surface area contributed by atoms with Gasteiger partial charge in [0.15, 0.2) is 0 Å². The van der Waals surface area contributed by atoms with E-state index in [4.69, 9.17) is 5.73 Å². The van der Waals surface area contributed by atoms with Crippen molar-refractivity contribution in [1.29, 1.82) is 0 Å². The molecule has 0 aromatic heterocycles. The predicted octanol–water partition coefficient (Wildman–Crippen LogP) is 2.54. The summed E-state index contributed by atoms with van der Waals surface area (Å²) in [6.45, 7) is 1.07. The molecular formula is C14H20N2. The number of fused-ring (bicyclic) bond motifs is 1. The van der Waals surface area contributed by atoms with Gasteiger partial charge in [0.1, 0.15) is 0 Å². The molecule has 0 amide bonds. The molecular weight excluding hydrogens is 196 g/mol. The van der Waals surface area contributed by atoms with E-state index >= 15 is 0 Å². The first-order chi connectivity index (χ1) is 7.80. The van der Waals surface area contributed by atoms with E-state index in [1.165, 1.54) is 36.9 Å². The second kappa shape index (κ2) is 3.77. The van der Waals surface area contributed by atoms with E-state index in [2.05, 4.69) is 29.6 Å². The predicted molar refractivity (Wildman–Crippen MR) is 67.5 cm³/mol. The number of anilines is 1. The van der Waals surface area contributed by atoms with Crippen LogP contribution in [0.4, 0.5) is 5.69 Å². The maximum Gasteiger partial charge on any atom is 0.0372 e. The van der Waals surface area contributed by atoms with Gasteiger partial charge in [0.25, 0.3) is 0 Å². The average Bonchev–Trinajstić information content (AvgIpc) is 2.54. The molecule has 3 rings (SSSR count). The Labute approximate surface area is 97.2 Å². The summed E-state index contributed by atoms with van der Waals surface area (Å²) in [4.78, 5) is 0. The number of para-hydroxylation sites is 1. The van der Waals surface area contributed by atoms with Crippen molar-refractivity contribution >= 4 is 5.69 Å². The molecule has 1 aliphatic carbocycles. The number of hydrogen-bond donors (Lipinski definition) is 2. The van der Waals surface area contributed by atoms with E-state index in [-0.39, 0.29) is 0 Å². The molecule has 1 saturated carbocycles. The fourth-order valence-corrected chi connectivity index (χ4v) is 3.46. The van der Waals surface area contributed by atoms with E-state index in [0.29, 0.717) is 11.5 Å². The van der Waals surface area contributed by atoms with Gasteiger partial charge in [-0.05, 0) is 42.7 Å². The zero-order valence-electron chi connectivity index (χ0n) is 9.71. The van der Waals surface area contributed by atoms with Gasteiger partial charge in [-0.25, -0.2) is 0 Å². The molecule has 0 radical (unpaired) electrons. The molecule has 1 aliphatic heterocycles. The molecule has 0 saturated heterocycles. The molecule has 16 heavy (non-hydrogen) atoms. The van der Waals surface area contributed by atoms with Crippen molar-refractivity contribution in [3.05, 3.63) is 29.8 Å². The maximum atomic E-state index is 6.34. The van der Waals surface area contributed by atoms with Crippen LogP contribution in [0.5, 0.6) is 0 Å². The van der Waals surface area contributed by atoms with Gasteiger partial charge in [0, 0.05) is 18.3 Å². The van der Waals surface area contributed by atoms with Gasteiger partial charge < -0.3 is 11.1 Å². The van der Waals surface area contributed by atoms with Crippen LogP contribution in [0, 0.1) is 5.41 Å². The van der Waals surface area contributed by atoms with Crippen LogP contribution in [0.15, 0.2) is 24.3 Å². The number of nitrogens with one attached hydrogen (secondary N) is 1. The normalized spacial score (nSPS) is 33.2. The lowest BCUT2D eigenvalue weighted by Crippen LogP contribution is -2.39. The van der Waals surface area contributed by atoms with Crippen LogP contribution in [-0.4, -0.2) is 12.6 Å². The molecule has 2 atom stereocenters. The second-order valence-corrected chi connectivity index (χ2v) is 5.37. The highest BCUT2D eigenvalue weighted by Crippen LogP contribution is 2.45. The summed E-state index contributed by atoms with van der Waals surface area (Å²) in [5, 5.41) is 3.54. The lowest BCUT2D eigenvalue weighted by molar-refractivity contribution is 0.245. The van der Waals surface area contributed by atoms with Gasteiger partial charge in [-0.2, -0.15) is 0 Å². The molecule has 86 valence electrons. The summed E-state index contributed by atoms with van der Waals surface area (Å²) in [6, 6.07) is 9.09. The Balaban J connectivity index is 1.96. The Morgan fingerprint density at radius 1 is 1.25 bits per heavy atom. The van der Waals surface area contributed by atoms with Crippen LogP contribution < -0.4 is 11.1 Å². The van der Waals surface area contributed by atoms with E-state index < -0.39 is 0 Å². The quantitative estimate of drug-likeness (QED) is 0.699. The molecule has 1 fully saturated rings. The van der Waals surface area contributed by atoms with Crippen LogP contribution in [0.25, 0.3) is 0 Å². The highest BCUT2D eigenvalue weighted by Gasteiger charge is 2.41. The monoisotopic (exact) mass is 216 g/mol. The van der Waals surface area contributed by atoms with Gasteiger partial charge >= 0.3 is 0 Å². The Hall–Kier alpha value is -1.02. The van der Waals surface area contributed by atoms with E-state index in [0.717, 1.165) is 13.0 Å². The Morgan fingerprint density at radius 2 is 2.12 bits per heavy atom. The lowest BCUT2D eigenvalue weighted by atomic mass is 9.75. The lowest BCUT2D eigenvalue weighted by Gasteiger charge is -2.32. The molecule has 2 nitrogen and oxygen atoms in total. The Bertz CT molecular complexity index is 388. The summed E-state index contributed by atoms with van der Waals surface area (Å²) in [7, 11) is 0. The smallest absolute Gasteiger partial charge is 0.0372 e. The third kappa shape index (κ3) is 1.52. The third-order valence-corrected chi connectivity index (χ3v) is 4.47. The zero-order valence-corrected chi connectivity index (χ0v) is 9.71. The van der Waals surface area contributed by atoms with Crippen LogP contribution in [0.2, 0.25) is 0 Å². The maximum absolute atomic E-state index is 6.34. The van der Waals surface area contributed by atoms with Gasteiger partial charge in [-0.15, -0.1) is 0 Å². The van der Waals surface area contributed by atoms with Gasteiger partial charge in [-0.1, -0.05) is 24.6 Å². The number of nitrogens with two attached hydrogens (primary N) is 1. The topological polar surface area (TPSA) is 38.0 Å². The first kappa shape index (κ1) is 10.2. The average molecular weight is 216 g/mol. The third-order valence-electron chi connectivity index (χ3n) is 4.47. The van der Waals surface area contributed by atoms with Crippen molar-refractivity contribution < 1.29 is 0 Å². The molecule has 3 N–H and O–H groups in total. The van der Waals surface area contributed by atoms with Gasteiger partial charge in [0.05, 0.1) is 0 Å². The minimum atomic E-state index is 0.375. The van der Waals surface area contributed by atoms with Crippen molar-refractivity contribution in [1.82, 2.24) is 0 Å². The van der Waals surface area contributed by atoms with Crippen LogP contribution in [0.1, 0.15) is 31.2 Å². The van der Waals surface area contributed by atoms with Crippen molar-refractivity contribution in [2.24, 2.45) is 11.1 Å². The number of rotatable bonds is 0. The minimum absolute atomic E-state index is 0.375. The fourth-order valence-electron chi connectivity index (χ4n) is 3.46. The first-order valence-electron chi connectivity index (χ1n) is 6.38. The van der Waals surface area contributed by atoms with Crippen LogP contribution in [0.3, 0.4) is 0 Å². The second-order valence-electron chi connectivity index (χ2n) is 5.37. The molecule has 2 unspecified atom stereocenters. The number of hydrogen-bond acceptors (Lipinski definition) is 2.